The summed E-state index contributed by atoms with van der Waals surface area (Å²) in [6.07, 6.45) is 0. The highest BCUT2D eigenvalue weighted by atomic mass is 19.1. The minimum Gasteiger partial charge on any atom is -0.460 e. The normalized spacial score (nSPS) is 10.5. The lowest BCUT2D eigenvalue weighted by atomic mass is 10.2. The zero-order valence-corrected chi connectivity index (χ0v) is 9.65. The van der Waals surface area contributed by atoms with Gasteiger partial charge in [-0.05, 0) is 36.4 Å². The average molecular weight is 248 g/mol. The Kier molecular flexibility index (Phi) is 3.74. The second-order valence-electron chi connectivity index (χ2n) is 3.84. The predicted molar refractivity (Wildman–Crippen MR) is 65.0 cm³/mol. The summed E-state index contributed by atoms with van der Waals surface area (Å²) in [6, 6.07) is 9.65. The number of hydrogen-bond acceptors (Lipinski definition) is 3. The van der Waals surface area contributed by atoms with Gasteiger partial charge >= 0.3 is 0 Å². The smallest absolute Gasteiger partial charge is 0.231 e. The molecule has 0 saturated carbocycles. The van der Waals surface area contributed by atoms with E-state index in [1.807, 2.05) is 0 Å². The zero-order chi connectivity index (χ0) is 13.0. The quantitative estimate of drug-likeness (QED) is 0.845. The van der Waals surface area contributed by atoms with Crippen molar-refractivity contribution in [2.45, 2.75) is 6.54 Å². The lowest BCUT2D eigenvalue weighted by molar-refractivity contribution is -0.117. The summed E-state index contributed by atoms with van der Waals surface area (Å²) in [4.78, 5) is 10.5. The molecule has 2 aromatic rings. The fraction of sp³-hybridized carbons (Fsp3) is 0.154. The van der Waals surface area contributed by atoms with E-state index in [1.54, 1.807) is 24.3 Å². The van der Waals surface area contributed by atoms with Crippen LogP contribution in [0.4, 0.5) is 4.39 Å². The van der Waals surface area contributed by atoms with E-state index < -0.39 is 5.91 Å². The van der Waals surface area contributed by atoms with Crippen molar-refractivity contribution in [2.24, 2.45) is 5.73 Å². The molecule has 4 nitrogen and oxygen atoms in total. The van der Waals surface area contributed by atoms with Crippen molar-refractivity contribution in [2.75, 3.05) is 6.54 Å². The van der Waals surface area contributed by atoms with Gasteiger partial charge in [0.15, 0.2) is 0 Å². The van der Waals surface area contributed by atoms with E-state index >= 15 is 0 Å². The first-order valence-corrected chi connectivity index (χ1v) is 5.49. The predicted octanol–water partition coefficient (Wildman–Crippen LogP) is 1.66. The van der Waals surface area contributed by atoms with Gasteiger partial charge in [-0.15, -0.1) is 0 Å². The summed E-state index contributed by atoms with van der Waals surface area (Å²) in [5.74, 6) is 0.649. The van der Waals surface area contributed by atoms with Crippen LogP contribution in [0.25, 0.3) is 11.3 Å². The summed E-state index contributed by atoms with van der Waals surface area (Å²) in [5, 5.41) is 2.85. The van der Waals surface area contributed by atoms with Gasteiger partial charge in [-0.25, -0.2) is 4.39 Å². The second-order valence-corrected chi connectivity index (χ2v) is 3.84. The molecule has 0 aliphatic carbocycles. The third-order valence-corrected chi connectivity index (χ3v) is 2.39. The van der Waals surface area contributed by atoms with Crippen molar-refractivity contribution in [3.8, 4) is 11.3 Å². The Morgan fingerprint density at radius 2 is 1.94 bits per heavy atom. The van der Waals surface area contributed by atoms with E-state index in [2.05, 4.69) is 5.32 Å². The maximum atomic E-state index is 12.8. The average Bonchev–Trinajstić information content (AvgIpc) is 2.78. The number of carbonyl (C=O) groups excluding carboxylic acids is 1. The molecule has 3 N–H and O–H groups in total. The van der Waals surface area contributed by atoms with Crippen LogP contribution in [0.3, 0.4) is 0 Å². The van der Waals surface area contributed by atoms with Crippen LogP contribution < -0.4 is 11.1 Å². The standard InChI is InChI=1S/C13H13FN2O2/c14-10-3-1-9(2-4-10)12-6-5-11(18-12)7-16-8-13(15)17/h1-6,16H,7-8H2,(H2,15,17). The highest BCUT2D eigenvalue weighted by Gasteiger charge is 2.05. The van der Waals surface area contributed by atoms with Crippen LogP contribution in [-0.4, -0.2) is 12.5 Å². The molecule has 0 atom stereocenters. The van der Waals surface area contributed by atoms with Crippen LogP contribution in [-0.2, 0) is 11.3 Å². The van der Waals surface area contributed by atoms with Gasteiger partial charge in [0.2, 0.25) is 5.91 Å². The van der Waals surface area contributed by atoms with E-state index in [1.165, 1.54) is 12.1 Å². The molecule has 94 valence electrons. The van der Waals surface area contributed by atoms with Gasteiger partial charge in [0.25, 0.3) is 0 Å². The Balaban J connectivity index is 2.01. The molecule has 0 radical (unpaired) electrons. The molecule has 0 aliphatic rings. The lowest BCUT2D eigenvalue weighted by Gasteiger charge is -1.99. The summed E-state index contributed by atoms with van der Waals surface area (Å²) in [7, 11) is 0. The Bertz CT molecular complexity index is 534. The number of primary amides is 1. The summed E-state index contributed by atoms with van der Waals surface area (Å²) >= 11 is 0. The summed E-state index contributed by atoms with van der Waals surface area (Å²) in [5.41, 5.74) is 5.80. The number of furan rings is 1. The topological polar surface area (TPSA) is 68.3 Å². The number of hydrogen-bond donors (Lipinski definition) is 2. The lowest BCUT2D eigenvalue weighted by Crippen LogP contribution is -2.27. The molecular weight excluding hydrogens is 235 g/mol. The van der Waals surface area contributed by atoms with Crippen molar-refractivity contribution < 1.29 is 13.6 Å². The van der Waals surface area contributed by atoms with E-state index in [4.69, 9.17) is 10.2 Å². The van der Waals surface area contributed by atoms with Crippen LogP contribution >= 0.6 is 0 Å². The molecule has 0 spiro atoms. The highest BCUT2D eigenvalue weighted by molar-refractivity contribution is 5.75. The van der Waals surface area contributed by atoms with Crippen molar-refractivity contribution in [1.82, 2.24) is 5.32 Å². The molecule has 0 bridgehead atoms. The van der Waals surface area contributed by atoms with Gasteiger partial charge in [0.05, 0.1) is 13.1 Å². The number of nitrogens with one attached hydrogen (secondary N) is 1. The van der Waals surface area contributed by atoms with Crippen LogP contribution in [0.2, 0.25) is 0 Å². The number of benzene rings is 1. The monoisotopic (exact) mass is 248 g/mol. The highest BCUT2D eigenvalue weighted by Crippen LogP contribution is 2.22. The van der Waals surface area contributed by atoms with Gasteiger partial charge in [0, 0.05) is 5.56 Å². The molecule has 0 fully saturated rings. The van der Waals surface area contributed by atoms with Crippen LogP contribution in [0, 0.1) is 5.82 Å². The summed E-state index contributed by atoms with van der Waals surface area (Å²) in [6.45, 7) is 0.525. The second kappa shape index (κ2) is 5.46. The van der Waals surface area contributed by atoms with Gasteiger partial charge in [-0.1, -0.05) is 0 Å². The van der Waals surface area contributed by atoms with Crippen molar-refractivity contribution in [3.63, 3.8) is 0 Å². The van der Waals surface area contributed by atoms with Crippen LogP contribution in [0.15, 0.2) is 40.8 Å². The fourth-order valence-corrected chi connectivity index (χ4v) is 1.55. The number of halogens is 1. The number of carbonyl (C=O) groups is 1. The fourth-order valence-electron chi connectivity index (χ4n) is 1.55. The van der Waals surface area contributed by atoms with E-state index in [9.17, 15) is 9.18 Å². The molecule has 0 unspecified atom stereocenters. The van der Waals surface area contributed by atoms with Crippen LogP contribution in [0.5, 0.6) is 0 Å². The molecule has 1 amide bonds. The van der Waals surface area contributed by atoms with Crippen molar-refractivity contribution in [1.29, 1.82) is 0 Å². The van der Waals surface area contributed by atoms with Gasteiger partial charge in [-0.2, -0.15) is 0 Å². The van der Waals surface area contributed by atoms with Gasteiger partial charge in [-0.3, -0.25) is 4.79 Å². The largest absolute Gasteiger partial charge is 0.460 e. The molecule has 1 aromatic heterocycles. The molecule has 0 saturated heterocycles. The minimum atomic E-state index is -0.416. The molecular formula is C13H13FN2O2. The first-order chi connectivity index (χ1) is 8.65. The SMILES string of the molecule is NC(=O)CNCc1ccc(-c2ccc(F)cc2)o1. The van der Waals surface area contributed by atoms with Crippen LogP contribution in [0.1, 0.15) is 5.76 Å². The van der Waals surface area contributed by atoms with Crippen molar-refractivity contribution >= 4 is 5.91 Å². The Morgan fingerprint density at radius 3 is 2.61 bits per heavy atom. The molecule has 5 heteroatoms. The Labute approximate surface area is 104 Å². The third-order valence-electron chi connectivity index (χ3n) is 2.39. The molecule has 2 rings (SSSR count). The number of rotatable bonds is 5. The molecule has 1 aromatic carbocycles. The van der Waals surface area contributed by atoms with Gasteiger partial charge in [0.1, 0.15) is 17.3 Å². The number of amides is 1. The van der Waals surface area contributed by atoms with E-state index in [-0.39, 0.29) is 12.4 Å². The maximum absolute atomic E-state index is 12.8. The van der Waals surface area contributed by atoms with E-state index in [0.717, 1.165) is 5.56 Å². The van der Waals surface area contributed by atoms with Gasteiger partial charge < -0.3 is 15.5 Å². The third kappa shape index (κ3) is 3.18. The molecule has 0 aliphatic heterocycles. The molecule has 1 heterocycles. The van der Waals surface area contributed by atoms with E-state index in [0.29, 0.717) is 18.1 Å². The Morgan fingerprint density at radius 1 is 1.22 bits per heavy atom. The Hall–Kier alpha value is -2.14. The zero-order valence-electron chi connectivity index (χ0n) is 9.65. The number of nitrogens with two attached hydrogens (primary N) is 1. The first kappa shape index (κ1) is 12.3. The molecule has 18 heavy (non-hydrogen) atoms. The maximum Gasteiger partial charge on any atom is 0.231 e. The summed E-state index contributed by atoms with van der Waals surface area (Å²) < 4.78 is 18.3. The van der Waals surface area contributed by atoms with Crippen molar-refractivity contribution in [3.05, 3.63) is 48.0 Å². The minimum absolute atomic E-state index is 0.104. The first-order valence-electron chi connectivity index (χ1n) is 5.49.